The van der Waals surface area contributed by atoms with E-state index in [1.165, 1.54) is 14.0 Å². The van der Waals surface area contributed by atoms with Gasteiger partial charge in [0.25, 0.3) is 0 Å². The molecule has 0 bridgehead atoms. The van der Waals surface area contributed by atoms with Gasteiger partial charge >= 0.3 is 11.9 Å². The maximum absolute atomic E-state index is 11.3. The van der Waals surface area contributed by atoms with Gasteiger partial charge in [0, 0.05) is 6.92 Å². The van der Waals surface area contributed by atoms with Crippen molar-refractivity contribution < 1.29 is 19.1 Å². The van der Waals surface area contributed by atoms with E-state index >= 15 is 0 Å². The third-order valence-electron chi connectivity index (χ3n) is 1.67. The summed E-state index contributed by atoms with van der Waals surface area (Å²) in [5.74, 6) is -0.326. The van der Waals surface area contributed by atoms with Crippen LogP contribution < -0.4 is 4.74 Å². The van der Waals surface area contributed by atoms with Crippen molar-refractivity contribution in [1.29, 1.82) is 0 Å². The topological polar surface area (TPSA) is 52.6 Å². The summed E-state index contributed by atoms with van der Waals surface area (Å²) in [5, 5.41) is 0. The van der Waals surface area contributed by atoms with Gasteiger partial charge in [-0.25, -0.2) is 4.79 Å². The average molecular weight is 446 g/mol. The summed E-state index contributed by atoms with van der Waals surface area (Å²) in [5.41, 5.74) is 0.437. The number of rotatable bonds is 2. The molecule has 0 fully saturated rings. The highest BCUT2D eigenvalue weighted by molar-refractivity contribution is 14.1. The van der Waals surface area contributed by atoms with E-state index in [0.29, 0.717) is 18.5 Å². The first-order chi connectivity index (χ1) is 7.45. The molecule has 4 nitrogen and oxygen atoms in total. The smallest absolute Gasteiger partial charge is 0.337 e. The molecule has 0 atom stereocenters. The van der Waals surface area contributed by atoms with Crippen molar-refractivity contribution in [2.75, 3.05) is 7.11 Å². The molecule has 1 rings (SSSR count). The molecule has 0 amide bonds. The molecular weight excluding hydrogens is 438 g/mol. The Bertz CT molecular complexity index is 419. The third-order valence-corrected chi connectivity index (χ3v) is 3.27. The van der Waals surface area contributed by atoms with Gasteiger partial charge in [0.15, 0.2) is 5.75 Å². The van der Waals surface area contributed by atoms with Crippen LogP contribution in [-0.4, -0.2) is 19.0 Å². The average Bonchev–Trinajstić information content (AvgIpc) is 2.21. The molecule has 86 valence electrons. The summed E-state index contributed by atoms with van der Waals surface area (Å²) in [6.45, 7) is 1.33. The Morgan fingerprint density at radius 3 is 2.06 bits per heavy atom. The predicted molar refractivity (Wildman–Crippen MR) is 74.5 cm³/mol. The minimum atomic E-state index is -0.412. The Kier molecular flexibility index (Phi) is 4.96. The van der Waals surface area contributed by atoms with E-state index in [9.17, 15) is 9.59 Å². The van der Waals surface area contributed by atoms with Crippen LogP contribution in [-0.2, 0) is 9.53 Å². The molecule has 1 aromatic carbocycles. The molecule has 0 aromatic heterocycles. The summed E-state index contributed by atoms with van der Waals surface area (Å²) in [7, 11) is 1.32. The van der Waals surface area contributed by atoms with E-state index in [2.05, 4.69) is 4.74 Å². The Balaban J connectivity index is 3.17. The van der Waals surface area contributed by atoms with Crippen molar-refractivity contribution in [1.82, 2.24) is 0 Å². The summed E-state index contributed by atoms with van der Waals surface area (Å²) >= 11 is 4.01. The molecule has 0 radical (unpaired) electrons. The molecule has 0 spiro atoms. The van der Waals surface area contributed by atoms with E-state index < -0.39 is 5.97 Å². The van der Waals surface area contributed by atoms with E-state index in [0.717, 1.165) is 0 Å². The minimum Gasteiger partial charge on any atom is -0.465 e. The highest BCUT2D eigenvalue weighted by Crippen LogP contribution is 2.29. The summed E-state index contributed by atoms with van der Waals surface area (Å²) < 4.78 is 11.0. The summed E-state index contributed by atoms with van der Waals surface area (Å²) in [6, 6.07) is 3.24. The molecule has 0 aliphatic rings. The first-order valence-corrected chi connectivity index (χ1v) is 6.37. The largest absolute Gasteiger partial charge is 0.465 e. The minimum absolute atomic E-state index is 0.387. The number of hydrogen-bond donors (Lipinski definition) is 0. The zero-order valence-corrected chi connectivity index (χ0v) is 12.9. The molecule has 16 heavy (non-hydrogen) atoms. The normalized spacial score (nSPS) is 9.75. The summed E-state index contributed by atoms with van der Waals surface area (Å²) in [4.78, 5) is 22.2. The van der Waals surface area contributed by atoms with Crippen molar-refractivity contribution in [3.05, 3.63) is 24.8 Å². The summed E-state index contributed by atoms with van der Waals surface area (Å²) in [6.07, 6.45) is 0. The fourth-order valence-electron chi connectivity index (χ4n) is 1.04. The molecule has 0 heterocycles. The number of hydrogen-bond acceptors (Lipinski definition) is 4. The zero-order valence-electron chi connectivity index (χ0n) is 8.54. The SMILES string of the molecule is COC(=O)c1cc(I)c(OC(C)=O)c(I)c1. The van der Waals surface area contributed by atoms with Gasteiger partial charge in [-0.1, -0.05) is 0 Å². The molecule has 0 aliphatic carbocycles. The fourth-order valence-corrected chi connectivity index (χ4v) is 3.03. The first-order valence-electron chi connectivity index (χ1n) is 4.21. The van der Waals surface area contributed by atoms with Crippen LogP contribution in [0, 0.1) is 7.14 Å². The quantitative estimate of drug-likeness (QED) is 0.399. The van der Waals surface area contributed by atoms with Crippen LogP contribution in [0.5, 0.6) is 5.75 Å². The third kappa shape index (κ3) is 3.30. The van der Waals surface area contributed by atoms with Crippen LogP contribution >= 0.6 is 45.2 Å². The number of esters is 2. The van der Waals surface area contributed by atoms with Crippen molar-refractivity contribution in [2.45, 2.75) is 6.92 Å². The standard InChI is InChI=1S/C10H8I2O4/c1-5(13)16-9-7(11)3-6(4-8(9)12)10(14)15-2/h3-4H,1-2H3. The molecule has 0 saturated heterocycles. The van der Waals surface area contributed by atoms with Gasteiger partial charge < -0.3 is 9.47 Å². The molecule has 0 N–H and O–H groups in total. The second-order valence-electron chi connectivity index (χ2n) is 2.85. The fraction of sp³-hybridized carbons (Fsp3) is 0.200. The highest BCUT2D eigenvalue weighted by Gasteiger charge is 2.14. The van der Waals surface area contributed by atoms with E-state index in [1.54, 1.807) is 12.1 Å². The number of benzene rings is 1. The van der Waals surface area contributed by atoms with Gasteiger partial charge in [-0.05, 0) is 57.3 Å². The van der Waals surface area contributed by atoms with Crippen LogP contribution in [0.15, 0.2) is 12.1 Å². The van der Waals surface area contributed by atoms with Gasteiger partial charge in [0.05, 0.1) is 19.8 Å². The molecule has 0 saturated carbocycles. The lowest BCUT2D eigenvalue weighted by Gasteiger charge is -2.08. The second kappa shape index (κ2) is 5.80. The monoisotopic (exact) mass is 446 g/mol. The lowest BCUT2D eigenvalue weighted by molar-refractivity contribution is -0.132. The maximum Gasteiger partial charge on any atom is 0.337 e. The number of ether oxygens (including phenoxy) is 2. The van der Waals surface area contributed by atoms with Crippen LogP contribution in [0.2, 0.25) is 0 Å². The van der Waals surface area contributed by atoms with Gasteiger partial charge in [-0.3, -0.25) is 4.79 Å². The van der Waals surface area contributed by atoms with Gasteiger partial charge in [0.2, 0.25) is 0 Å². The Hall–Kier alpha value is -0.380. The molecule has 6 heteroatoms. The number of carbonyl (C=O) groups is 2. The first kappa shape index (κ1) is 13.7. The van der Waals surface area contributed by atoms with Crippen LogP contribution in [0.1, 0.15) is 17.3 Å². The van der Waals surface area contributed by atoms with Crippen molar-refractivity contribution in [3.8, 4) is 5.75 Å². The second-order valence-corrected chi connectivity index (χ2v) is 5.18. The maximum atomic E-state index is 11.3. The van der Waals surface area contributed by atoms with E-state index in [1.807, 2.05) is 45.2 Å². The Morgan fingerprint density at radius 2 is 1.69 bits per heavy atom. The lowest BCUT2D eigenvalue weighted by Crippen LogP contribution is -2.07. The Morgan fingerprint density at radius 1 is 1.19 bits per heavy atom. The Labute approximate surface area is 120 Å². The van der Waals surface area contributed by atoms with Gasteiger partial charge in [-0.15, -0.1) is 0 Å². The molecular formula is C10H8I2O4. The van der Waals surface area contributed by atoms with Crippen LogP contribution in [0.25, 0.3) is 0 Å². The molecule has 1 aromatic rings. The number of halogens is 2. The van der Waals surface area contributed by atoms with Gasteiger partial charge in [0.1, 0.15) is 0 Å². The van der Waals surface area contributed by atoms with Crippen molar-refractivity contribution in [3.63, 3.8) is 0 Å². The molecule has 0 unspecified atom stereocenters. The van der Waals surface area contributed by atoms with Crippen molar-refractivity contribution >= 4 is 57.1 Å². The predicted octanol–water partition coefficient (Wildman–Crippen LogP) is 2.61. The van der Waals surface area contributed by atoms with Gasteiger partial charge in [-0.2, -0.15) is 0 Å². The van der Waals surface area contributed by atoms with Crippen LogP contribution in [0.3, 0.4) is 0 Å². The lowest BCUT2D eigenvalue weighted by atomic mass is 10.2. The van der Waals surface area contributed by atoms with E-state index in [-0.39, 0.29) is 5.97 Å². The number of methoxy groups -OCH3 is 1. The highest BCUT2D eigenvalue weighted by atomic mass is 127. The number of carbonyl (C=O) groups excluding carboxylic acids is 2. The van der Waals surface area contributed by atoms with Crippen LogP contribution in [0.4, 0.5) is 0 Å². The van der Waals surface area contributed by atoms with E-state index in [4.69, 9.17) is 4.74 Å². The van der Waals surface area contributed by atoms with Crippen molar-refractivity contribution in [2.24, 2.45) is 0 Å². The molecule has 0 aliphatic heterocycles. The zero-order chi connectivity index (χ0) is 12.3.